The second-order valence-corrected chi connectivity index (χ2v) is 8.09. The molecule has 2 heterocycles. The Morgan fingerprint density at radius 2 is 2.00 bits per heavy atom. The molecule has 26 heavy (non-hydrogen) atoms. The average molecular weight is 347 g/mol. The van der Waals surface area contributed by atoms with Crippen molar-refractivity contribution >= 4 is 11.6 Å². The molecular formula is C22H25N3O. The van der Waals surface area contributed by atoms with Crippen LogP contribution in [0, 0.1) is 0 Å². The number of carbonyl (C=O) groups is 1. The molecule has 4 heteroatoms. The molecule has 0 radical (unpaired) electrons. The summed E-state index contributed by atoms with van der Waals surface area (Å²) in [4.78, 5) is 17.3. The lowest BCUT2D eigenvalue weighted by molar-refractivity contribution is 0.0963. The van der Waals surface area contributed by atoms with Crippen LogP contribution in [0.15, 0.2) is 30.3 Å². The summed E-state index contributed by atoms with van der Waals surface area (Å²) < 4.78 is 0. The molecular weight excluding hydrogens is 322 g/mol. The van der Waals surface area contributed by atoms with Gasteiger partial charge in [-0.05, 0) is 61.4 Å². The molecule has 0 saturated heterocycles. The zero-order valence-electron chi connectivity index (χ0n) is 15.3. The third-order valence-corrected chi connectivity index (χ3v) is 6.41. The normalized spacial score (nSPS) is 20.0. The van der Waals surface area contributed by atoms with E-state index in [0.29, 0.717) is 11.5 Å². The fourth-order valence-electron chi connectivity index (χ4n) is 4.78. The summed E-state index contributed by atoms with van der Waals surface area (Å²) in [6, 6.07) is 10.4. The highest BCUT2D eigenvalue weighted by molar-refractivity contribution is 5.95. The quantitative estimate of drug-likeness (QED) is 0.874. The Morgan fingerprint density at radius 1 is 1.19 bits per heavy atom. The van der Waals surface area contributed by atoms with Crippen LogP contribution < -0.4 is 10.6 Å². The van der Waals surface area contributed by atoms with Crippen LogP contribution in [0.25, 0.3) is 11.3 Å². The number of hydrogen-bond acceptors (Lipinski definition) is 3. The zero-order chi connectivity index (χ0) is 17.7. The predicted molar refractivity (Wildman–Crippen MR) is 104 cm³/mol. The molecule has 3 aliphatic rings. The van der Waals surface area contributed by atoms with Gasteiger partial charge in [-0.3, -0.25) is 4.79 Å². The molecule has 5 rings (SSSR count). The molecule has 0 atom stereocenters. The third kappa shape index (κ3) is 2.43. The van der Waals surface area contributed by atoms with E-state index < -0.39 is 0 Å². The first-order valence-electron chi connectivity index (χ1n) is 9.82. The highest BCUT2D eigenvalue weighted by Gasteiger charge is 2.42. The lowest BCUT2D eigenvalue weighted by atomic mass is 9.84. The predicted octanol–water partition coefficient (Wildman–Crippen LogP) is 4.22. The van der Waals surface area contributed by atoms with Crippen LogP contribution in [0.1, 0.15) is 66.1 Å². The fraction of sp³-hybridized carbons (Fsp3) is 0.455. The van der Waals surface area contributed by atoms with Gasteiger partial charge in [0.2, 0.25) is 0 Å². The summed E-state index contributed by atoms with van der Waals surface area (Å²) in [6.07, 6.45) is 7.54. The molecule has 2 fully saturated rings. The minimum atomic E-state index is -0.0383. The van der Waals surface area contributed by atoms with Gasteiger partial charge in [-0.1, -0.05) is 18.9 Å². The van der Waals surface area contributed by atoms with Crippen LogP contribution in [0.4, 0.5) is 5.69 Å². The molecule has 1 spiro atoms. The number of carbonyl (C=O) groups excluding carboxylic acids is 1. The van der Waals surface area contributed by atoms with Gasteiger partial charge in [-0.15, -0.1) is 0 Å². The molecule has 1 aliphatic heterocycles. The summed E-state index contributed by atoms with van der Waals surface area (Å²) in [5.41, 5.74) is 6.89. The van der Waals surface area contributed by atoms with Gasteiger partial charge in [0.05, 0.1) is 17.1 Å². The van der Waals surface area contributed by atoms with Crippen molar-refractivity contribution in [1.82, 2.24) is 10.3 Å². The van der Waals surface area contributed by atoms with Crippen LogP contribution in [0.3, 0.4) is 0 Å². The standard InChI is InChI=1S/C22H25N3O/c1-23-21(26)15-6-7-16(14-4-5-14)17(12-15)18-8-9-19-20(25-18)22(13-24-19)10-2-3-11-22/h6-9,12,14,24H,2-5,10-11,13H2,1H3,(H,23,26). The third-order valence-electron chi connectivity index (χ3n) is 6.41. The number of amides is 1. The van der Waals surface area contributed by atoms with Gasteiger partial charge >= 0.3 is 0 Å². The van der Waals surface area contributed by atoms with Crippen molar-refractivity contribution < 1.29 is 4.79 Å². The molecule has 1 amide bonds. The van der Waals surface area contributed by atoms with Gasteiger partial charge < -0.3 is 10.6 Å². The summed E-state index contributed by atoms with van der Waals surface area (Å²) in [5, 5.41) is 6.31. The van der Waals surface area contributed by atoms with Crippen molar-refractivity contribution in [2.75, 3.05) is 18.9 Å². The Labute approximate surface area is 154 Å². The van der Waals surface area contributed by atoms with Gasteiger partial charge in [-0.2, -0.15) is 0 Å². The SMILES string of the molecule is CNC(=O)c1ccc(C2CC2)c(-c2ccc3c(n2)C2(CCCC2)CN3)c1. The monoisotopic (exact) mass is 347 g/mol. The summed E-state index contributed by atoms with van der Waals surface area (Å²) in [5.74, 6) is 0.584. The number of nitrogens with one attached hydrogen (secondary N) is 2. The first-order chi connectivity index (χ1) is 12.7. The Bertz CT molecular complexity index is 879. The van der Waals surface area contributed by atoms with E-state index in [1.54, 1.807) is 7.05 Å². The van der Waals surface area contributed by atoms with E-state index in [9.17, 15) is 4.79 Å². The molecule has 4 nitrogen and oxygen atoms in total. The first kappa shape index (κ1) is 15.9. The van der Waals surface area contributed by atoms with Crippen molar-refractivity contribution in [3.8, 4) is 11.3 Å². The van der Waals surface area contributed by atoms with Gasteiger partial charge in [0.25, 0.3) is 5.91 Å². The second-order valence-electron chi connectivity index (χ2n) is 8.09. The molecule has 134 valence electrons. The van der Waals surface area contributed by atoms with Crippen LogP contribution in [0.2, 0.25) is 0 Å². The topological polar surface area (TPSA) is 54.0 Å². The van der Waals surface area contributed by atoms with Crippen molar-refractivity contribution in [3.63, 3.8) is 0 Å². The fourth-order valence-corrected chi connectivity index (χ4v) is 4.78. The van der Waals surface area contributed by atoms with Crippen molar-refractivity contribution in [3.05, 3.63) is 47.2 Å². The molecule has 2 aromatic rings. The molecule has 0 unspecified atom stereocenters. The van der Waals surface area contributed by atoms with Crippen molar-refractivity contribution in [2.24, 2.45) is 0 Å². The van der Waals surface area contributed by atoms with E-state index in [0.717, 1.165) is 17.8 Å². The number of benzene rings is 1. The molecule has 2 aliphatic carbocycles. The molecule has 2 N–H and O–H groups in total. The van der Waals surface area contributed by atoms with E-state index in [1.165, 1.54) is 55.5 Å². The number of nitrogens with zero attached hydrogens (tertiary/aromatic N) is 1. The van der Waals surface area contributed by atoms with Crippen molar-refractivity contribution in [1.29, 1.82) is 0 Å². The van der Waals surface area contributed by atoms with Gasteiger partial charge in [0.1, 0.15) is 0 Å². The summed E-state index contributed by atoms with van der Waals surface area (Å²) in [6.45, 7) is 1.02. The number of aromatic nitrogens is 1. The first-order valence-corrected chi connectivity index (χ1v) is 9.82. The van der Waals surface area contributed by atoms with Crippen LogP contribution in [-0.4, -0.2) is 24.5 Å². The number of anilines is 1. The average Bonchev–Trinajstić information content (AvgIpc) is 3.33. The van der Waals surface area contributed by atoms with E-state index in [1.807, 2.05) is 12.1 Å². The minimum Gasteiger partial charge on any atom is -0.383 e. The maximum absolute atomic E-state index is 12.1. The lowest BCUT2D eigenvalue weighted by Crippen LogP contribution is -2.25. The molecule has 1 aromatic carbocycles. The largest absolute Gasteiger partial charge is 0.383 e. The molecule has 2 saturated carbocycles. The Balaban J connectivity index is 1.63. The Hall–Kier alpha value is -2.36. The van der Waals surface area contributed by atoms with Crippen LogP contribution >= 0.6 is 0 Å². The highest BCUT2D eigenvalue weighted by atomic mass is 16.1. The molecule has 1 aromatic heterocycles. The number of hydrogen-bond donors (Lipinski definition) is 2. The van der Waals surface area contributed by atoms with Gasteiger partial charge in [-0.25, -0.2) is 4.98 Å². The van der Waals surface area contributed by atoms with E-state index >= 15 is 0 Å². The Kier molecular flexibility index (Phi) is 3.56. The number of fused-ring (bicyclic) bond motifs is 2. The second kappa shape index (κ2) is 5.83. The Morgan fingerprint density at radius 3 is 2.73 bits per heavy atom. The zero-order valence-corrected chi connectivity index (χ0v) is 15.3. The maximum Gasteiger partial charge on any atom is 0.251 e. The van der Waals surface area contributed by atoms with Gasteiger partial charge in [0, 0.05) is 30.1 Å². The van der Waals surface area contributed by atoms with Crippen molar-refractivity contribution in [2.45, 2.75) is 49.9 Å². The maximum atomic E-state index is 12.1. The minimum absolute atomic E-state index is 0.0383. The summed E-state index contributed by atoms with van der Waals surface area (Å²) >= 11 is 0. The summed E-state index contributed by atoms with van der Waals surface area (Å²) in [7, 11) is 1.68. The van der Waals surface area contributed by atoms with Crippen LogP contribution in [-0.2, 0) is 5.41 Å². The lowest BCUT2D eigenvalue weighted by Gasteiger charge is -2.22. The molecule has 0 bridgehead atoms. The number of rotatable bonds is 3. The van der Waals surface area contributed by atoms with E-state index in [-0.39, 0.29) is 11.3 Å². The highest BCUT2D eigenvalue weighted by Crippen LogP contribution is 2.49. The van der Waals surface area contributed by atoms with Crippen LogP contribution in [0.5, 0.6) is 0 Å². The van der Waals surface area contributed by atoms with E-state index in [2.05, 4.69) is 28.8 Å². The smallest absolute Gasteiger partial charge is 0.251 e. The number of pyridine rings is 1. The van der Waals surface area contributed by atoms with Gasteiger partial charge in [0.15, 0.2) is 0 Å². The van der Waals surface area contributed by atoms with E-state index in [4.69, 9.17) is 4.98 Å².